The Morgan fingerprint density at radius 1 is 1.20 bits per heavy atom. The van der Waals surface area contributed by atoms with Gasteiger partial charge < -0.3 is 16.5 Å². The SMILES string of the molecule is Nc1cccc(-c2nc(N)cc(=O)[nH]2)c1. The summed E-state index contributed by atoms with van der Waals surface area (Å²) in [6.45, 7) is 0. The van der Waals surface area contributed by atoms with Gasteiger partial charge in [-0.15, -0.1) is 0 Å². The summed E-state index contributed by atoms with van der Waals surface area (Å²) in [6, 6.07) is 8.29. The normalized spacial score (nSPS) is 10.1. The fraction of sp³-hybridized carbons (Fsp3) is 0. The molecule has 2 aromatic rings. The van der Waals surface area contributed by atoms with Gasteiger partial charge >= 0.3 is 0 Å². The molecule has 5 nitrogen and oxygen atoms in total. The maximum Gasteiger partial charge on any atom is 0.253 e. The van der Waals surface area contributed by atoms with Crippen LogP contribution in [-0.2, 0) is 0 Å². The van der Waals surface area contributed by atoms with E-state index in [1.165, 1.54) is 6.07 Å². The first-order valence-corrected chi connectivity index (χ1v) is 4.38. The summed E-state index contributed by atoms with van der Waals surface area (Å²) >= 11 is 0. The summed E-state index contributed by atoms with van der Waals surface area (Å²) in [7, 11) is 0. The molecule has 0 fully saturated rings. The molecule has 0 atom stereocenters. The molecule has 0 saturated carbocycles. The number of aromatic nitrogens is 2. The third kappa shape index (κ3) is 1.96. The zero-order valence-corrected chi connectivity index (χ0v) is 7.90. The van der Waals surface area contributed by atoms with Crippen molar-refractivity contribution >= 4 is 11.5 Å². The van der Waals surface area contributed by atoms with Crippen LogP contribution in [0.4, 0.5) is 11.5 Å². The minimum atomic E-state index is -0.278. The monoisotopic (exact) mass is 202 g/mol. The average Bonchev–Trinajstić information content (AvgIpc) is 2.16. The lowest BCUT2D eigenvalue weighted by molar-refractivity contribution is 1.14. The molecule has 1 heterocycles. The highest BCUT2D eigenvalue weighted by Crippen LogP contribution is 2.16. The van der Waals surface area contributed by atoms with Crippen LogP contribution in [0.2, 0.25) is 0 Å². The van der Waals surface area contributed by atoms with E-state index in [4.69, 9.17) is 11.5 Å². The Morgan fingerprint density at radius 3 is 2.67 bits per heavy atom. The predicted octanol–water partition coefficient (Wildman–Crippen LogP) is 0.601. The molecule has 0 saturated heterocycles. The van der Waals surface area contributed by atoms with Crippen LogP contribution in [0.1, 0.15) is 0 Å². The first-order chi connectivity index (χ1) is 7.15. The van der Waals surface area contributed by atoms with Crippen LogP contribution < -0.4 is 17.0 Å². The summed E-state index contributed by atoms with van der Waals surface area (Å²) in [4.78, 5) is 17.8. The van der Waals surface area contributed by atoms with Crippen molar-refractivity contribution in [2.45, 2.75) is 0 Å². The molecule has 5 N–H and O–H groups in total. The Labute approximate surface area is 85.8 Å². The van der Waals surface area contributed by atoms with Crippen molar-refractivity contribution in [1.29, 1.82) is 0 Å². The third-order valence-electron chi connectivity index (χ3n) is 1.92. The Kier molecular flexibility index (Phi) is 2.13. The summed E-state index contributed by atoms with van der Waals surface area (Å²) in [5.74, 6) is 0.614. The van der Waals surface area contributed by atoms with Gasteiger partial charge in [-0.25, -0.2) is 4.98 Å². The van der Waals surface area contributed by atoms with E-state index in [0.717, 1.165) is 5.56 Å². The highest BCUT2D eigenvalue weighted by atomic mass is 16.1. The standard InChI is InChI=1S/C10H10N4O/c11-7-3-1-2-6(4-7)10-13-8(12)5-9(15)14-10/h1-5H,11H2,(H3,12,13,14,15). The van der Waals surface area contributed by atoms with Crippen LogP contribution in [0.3, 0.4) is 0 Å². The molecule has 5 heteroatoms. The van der Waals surface area contributed by atoms with E-state index < -0.39 is 0 Å². The zero-order chi connectivity index (χ0) is 10.8. The molecule has 0 radical (unpaired) electrons. The fourth-order valence-electron chi connectivity index (χ4n) is 1.30. The van der Waals surface area contributed by atoms with Gasteiger partial charge in [-0.1, -0.05) is 12.1 Å². The van der Waals surface area contributed by atoms with Crippen LogP contribution in [-0.4, -0.2) is 9.97 Å². The second-order valence-corrected chi connectivity index (χ2v) is 3.14. The van der Waals surface area contributed by atoms with Crippen LogP contribution in [0, 0.1) is 0 Å². The van der Waals surface area contributed by atoms with Crippen LogP contribution >= 0.6 is 0 Å². The van der Waals surface area contributed by atoms with E-state index in [9.17, 15) is 4.79 Å². The number of aromatic amines is 1. The number of hydrogen-bond acceptors (Lipinski definition) is 4. The molecular weight excluding hydrogens is 192 g/mol. The van der Waals surface area contributed by atoms with Gasteiger partial charge in [-0.05, 0) is 12.1 Å². The van der Waals surface area contributed by atoms with Gasteiger partial charge in [-0.3, -0.25) is 4.79 Å². The van der Waals surface area contributed by atoms with E-state index in [1.807, 2.05) is 0 Å². The second-order valence-electron chi connectivity index (χ2n) is 3.14. The molecular formula is C10H10N4O. The topological polar surface area (TPSA) is 97.8 Å². The maximum absolute atomic E-state index is 11.2. The average molecular weight is 202 g/mol. The molecule has 0 aliphatic heterocycles. The van der Waals surface area contributed by atoms with Crippen molar-refractivity contribution < 1.29 is 0 Å². The highest BCUT2D eigenvalue weighted by Gasteiger charge is 2.01. The van der Waals surface area contributed by atoms with Crippen LogP contribution in [0.15, 0.2) is 35.1 Å². The van der Waals surface area contributed by atoms with Crippen molar-refractivity contribution in [2.24, 2.45) is 0 Å². The quantitative estimate of drug-likeness (QED) is 0.590. The minimum Gasteiger partial charge on any atom is -0.399 e. The number of rotatable bonds is 1. The highest BCUT2D eigenvalue weighted by molar-refractivity contribution is 5.61. The number of anilines is 2. The van der Waals surface area contributed by atoms with Gasteiger partial charge in [0.1, 0.15) is 11.6 Å². The number of nitrogens with two attached hydrogens (primary N) is 2. The van der Waals surface area contributed by atoms with Crippen molar-refractivity contribution in [2.75, 3.05) is 11.5 Å². The van der Waals surface area contributed by atoms with E-state index in [2.05, 4.69) is 9.97 Å². The van der Waals surface area contributed by atoms with E-state index in [0.29, 0.717) is 11.5 Å². The van der Waals surface area contributed by atoms with Crippen molar-refractivity contribution in [3.8, 4) is 11.4 Å². The summed E-state index contributed by atoms with van der Waals surface area (Å²) in [5, 5.41) is 0. The van der Waals surface area contributed by atoms with Gasteiger partial charge in [-0.2, -0.15) is 0 Å². The second kappa shape index (κ2) is 3.45. The number of H-pyrrole nitrogens is 1. The largest absolute Gasteiger partial charge is 0.399 e. The molecule has 0 unspecified atom stereocenters. The van der Waals surface area contributed by atoms with Gasteiger partial charge in [0.15, 0.2) is 0 Å². The van der Waals surface area contributed by atoms with E-state index in [-0.39, 0.29) is 11.4 Å². The number of nitrogens with zero attached hydrogens (tertiary/aromatic N) is 1. The zero-order valence-electron chi connectivity index (χ0n) is 7.90. The van der Waals surface area contributed by atoms with Gasteiger partial charge in [0.2, 0.25) is 0 Å². The number of nitrogens with one attached hydrogen (secondary N) is 1. The smallest absolute Gasteiger partial charge is 0.253 e. The lowest BCUT2D eigenvalue weighted by Gasteiger charge is -2.02. The van der Waals surface area contributed by atoms with Gasteiger partial charge in [0.05, 0.1) is 0 Å². The van der Waals surface area contributed by atoms with Gasteiger partial charge in [0.25, 0.3) is 5.56 Å². The molecule has 1 aromatic carbocycles. The number of hydrogen-bond donors (Lipinski definition) is 3. The molecule has 0 amide bonds. The lowest BCUT2D eigenvalue weighted by atomic mass is 10.2. The third-order valence-corrected chi connectivity index (χ3v) is 1.92. The number of benzene rings is 1. The molecule has 2 rings (SSSR count). The molecule has 76 valence electrons. The first kappa shape index (κ1) is 9.26. The summed E-state index contributed by atoms with van der Waals surface area (Å²) < 4.78 is 0. The maximum atomic E-state index is 11.2. The van der Waals surface area contributed by atoms with Crippen molar-refractivity contribution in [1.82, 2.24) is 9.97 Å². The predicted molar refractivity (Wildman–Crippen MR) is 59.1 cm³/mol. The van der Waals surface area contributed by atoms with Crippen molar-refractivity contribution in [3.05, 3.63) is 40.7 Å². The van der Waals surface area contributed by atoms with Crippen LogP contribution in [0.5, 0.6) is 0 Å². The Bertz CT molecular complexity index is 547. The molecule has 0 aliphatic carbocycles. The van der Waals surface area contributed by atoms with Crippen LogP contribution in [0.25, 0.3) is 11.4 Å². The molecule has 0 spiro atoms. The van der Waals surface area contributed by atoms with E-state index >= 15 is 0 Å². The Balaban J connectivity index is 2.59. The van der Waals surface area contributed by atoms with Gasteiger partial charge in [0, 0.05) is 17.3 Å². The fourth-order valence-corrected chi connectivity index (χ4v) is 1.30. The Hall–Kier alpha value is -2.30. The number of nitrogen functional groups attached to an aromatic ring is 2. The minimum absolute atomic E-state index is 0.191. The summed E-state index contributed by atoms with van der Waals surface area (Å²) in [5.41, 5.74) is 12.2. The van der Waals surface area contributed by atoms with E-state index in [1.54, 1.807) is 24.3 Å². The molecule has 1 aromatic heterocycles. The lowest BCUT2D eigenvalue weighted by Crippen LogP contribution is -2.09. The Morgan fingerprint density at radius 2 is 2.00 bits per heavy atom. The molecule has 0 aliphatic rings. The van der Waals surface area contributed by atoms with Crippen molar-refractivity contribution in [3.63, 3.8) is 0 Å². The molecule has 0 bridgehead atoms. The molecule has 15 heavy (non-hydrogen) atoms. The summed E-state index contributed by atoms with van der Waals surface area (Å²) in [6.07, 6.45) is 0. The first-order valence-electron chi connectivity index (χ1n) is 4.38.